The van der Waals surface area contributed by atoms with E-state index in [0.29, 0.717) is 18.5 Å². The van der Waals surface area contributed by atoms with Crippen molar-refractivity contribution in [3.05, 3.63) is 59.4 Å². The van der Waals surface area contributed by atoms with Crippen molar-refractivity contribution in [2.24, 2.45) is 0 Å². The number of fused-ring (bicyclic) bond motifs is 1. The summed E-state index contributed by atoms with van der Waals surface area (Å²) in [5, 5.41) is 10.1. The lowest BCUT2D eigenvalue weighted by atomic mass is 9.96. The number of pyridine rings is 1. The number of aryl methyl sites for hydroxylation is 1. The molecule has 2 heterocycles. The number of aliphatic hydroxyl groups excluding tert-OH is 1. The molecule has 0 spiro atoms. The first-order valence-electron chi connectivity index (χ1n) is 6.67. The molecule has 0 radical (unpaired) electrons. The van der Waals surface area contributed by atoms with Gasteiger partial charge in [-0.25, -0.2) is 0 Å². The molecule has 2 aromatic rings. The summed E-state index contributed by atoms with van der Waals surface area (Å²) in [5.74, 6) is -0.0515. The fourth-order valence-corrected chi connectivity index (χ4v) is 2.58. The predicted octanol–water partition coefficient (Wildman–Crippen LogP) is 2.47. The maximum Gasteiger partial charge on any atom is 0.258 e. The number of aliphatic hydroxyl groups is 1. The lowest BCUT2D eigenvalue weighted by molar-refractivity contribution is 0.0970. The van der Waals surface area contributed by atoms with Crippen LogP contribution in [0.4, 0.5) is 5.69 Å². The fraction of sp³-hybridized carbons (Fsp3) is 0.250. The molecular weight excluding hydrogens is 252 g/mol. The van der Waals surface area contributed by atoms with Crippen molar-refractivity contribution in [1.82, 2.24) is 4.98 Å². The summed E-state index contributed by atoms with van der Waals surface area (Å²) in [6, 6.07) is 9.24. The summed E-state index contributed by atoms with van der Waals surface area (Å²) in [4.78, 5) is 18.2. The van der Waals surface area contributed by atoms with Gasteiger partial charge in [0.25, 0.3) is 5.91 Å². The molecule has 1 N–H and O–H groups in total. The van der Waals surface area contributed by atoms with Crippen LogP contribution < -0.4 is 4.90 Å². The van der Waals surface area contributed by atoms with Crippen LogP contribution in [0.5, 0.6) is 0 Å². The first kappa shape index (κ1) is 12.8. The van der Waals surface area contributed by atoms with Gasteiger partial charge in [-0.3, -0.25) is 9.78 Å². The highest BCUT2D eigenvalue weighted by Crippen LogP contribution is 2.35. The second kappa shape index (κ2) is 5.06. The Hall–Kier alpha value is -2.20. The van der Waals surface area contributed by atoms with Gasteiger partial charge in [0.2, 0.25) is 0 Å². The van der Waals surface area contributed by atoms with Crippen LogP contribution in [0, 0.1) is 6.92 Å². The Balaban J connectivity index is 2.01. The van der Waals surface area contributed by atoms with Crippen molar-refractivity contribution in [3.8, 4) is 0 Å². The van der Waals surface area contributed by atoms with Crippen LogP contribution in [0.3, 0.4) is 0 Å². The van der Waals surface area contributed by atoms with Crippen molar-refractivity contribution in [2.45, 2.75) is 19.4 Å². The number of anilines is 1. The standard InChI is InChI=1S/C16H16N2O2/c1-11-2-3-14-13(10-11)15(19)6-9-18(14)16(20)12-4-7-17-8-5-12/h2-5,7-8,10,15,19H,6,9H2,1H3. The van der Waals surface area contributed by atoms with Gasteiger partial charge in [-0.1, -0.05) is 17.7 Å². The van der Waals surface area contributed by atoms with E-state index in [2.05, 4.69) is 4.98 Å². The lowest BCUT2D eigenvalue weighted by Gasteiger charge is -2.32. The minimum Gasteiger partial charge on any atom is -0.388 e. The third-order valence-corrected chi connectivity index (χ3v) is 3.63. The number of amides is 1. The van der Waals surface area contributed by atoms with Gasteiger partial charge in [0.1, 0.15) is 0 Å². The number of benzene rings is 1. The van der Waals surface area contributed by atoms with E-state index in [0.717, 1.165) is 16.8 Å². The van der Waals surface area contributed by atoms with Gasteiger partial charge in [0.05, 0.1) is 6.10 Å². The molecule has 1 aromatic carbocycles. The van der Waals surface area contributed by atoms with E-state index in [1.165, 1.54) is 0 Å². The molecule has 20 heavy (non-hydrogen) atoms. The number of carbonyl (C=O) groups is 1. The molecule has 0 bridgehead atoms. The summed E-state index contributed by atoms with van der Waals surface area (Å²) in [5.41, 5.74) is 3.33. The minimum atomic E-state index is -0.494. The lowest BCUT2D eigenvalue weighted by Crippen LogP contribution is -2.36. The third-order valence-electron chi connectivity index (χ3n) is 3.63. The molecule has 1 aromatic heterocycles. The largest absolute Gasteiger partial charge is 0.388 e. The van der Waals surface area contributed by atoms with Crippen LogP contribution >= 0.6 is 0 Å². The van der Waals surface area contributed by atoms with Crippen LogP contribution in [0.25, 0.3) is 0 Å². The summed E-state index contributed by atoms with van der Waals surface area (Å²) in [6.45, 7) is 2.51. The Bertz CT molecular complexity index is 640. The van der Waals surface area contributed by atoms with Gasteiger partial charge in [-0.2, -0.15) is 0 Å². The second-order valence-electron chi connectivity index (χ2n) is 5.06. The molecule has 102 valence electrons. The maximum absolute atomic E-state index is 12.6. The fourth-order valence-electron chi connectivity index (χ4n) is 2.58. The summed E-state index contributed by atoms with van der Waals surface area (Å²) in [6.07, 6.45) is 3.30. The average Bonchev–Trinajstić information content (AvgIpc) is 2.48. The van der Waals surface area contributed by atoms with E-state index >= 15 is 0 Å². The highest BCUT2D eigenvalue weighted by atomic mass is 16.3. The van der Waals surface area contributed by atoms with Crippen molar-refractivity contribution in [2.75, 3.05) is 11.4 Å². The van der Waals surface area contributed by atoms with Gasteiger partial charge in [0, 0.05) is 35.8 Å². The van der Waals surface area contributed by atoms with Gasteiger partial charge in [-0.05, 0) is 31.5 Å². The highest BCUT2D eigenvalue weighted by molar-refractivity contribution is 6.06. The van der Waals surface area contributed by atoms with Gasteiger partial charge >= 0.3 is 0 Å². The molecule has 4 nitrogen and oxygen atoms in total. The van der Waals surface area contributed by atoms with Gasteiger partial charge in [-0.15, -0.1) is 0 Å². The molecule has 3 rings (SSSR count). The zero-order valence-electron chi connectivity index (χ0n) is 11.3. The van der Waals surface area contributed by atoms with E-state index < -0.39 is 6.10 Å². The van der Waals surface area contributed by atoms with Gasteiger partial charge < -0.3 is 10.0 Å². The quantitative estimate of drug-likeness (QED) is 0.864. The molecule has 0 fully saturated rings. The number of hydrogen-bond acceptors (Lipinski definition) is 3. The van der Waals surface area contributed by atoms with Crippen molar-refractivity contribution < 1.29 is 9.90 Å². The Kier molecular flexibility index (Phi) is 3.24. The topological polar surface area (TPSA) is 53.4 Å². The summed E-state index contributed by atoms with van der Waals surface area (Å²) in [7, 11) is 0. The Morgan fingerprint density at radius 3 is 2.80 bits per heavy atom. The Labute approximate surface area is 117 Å². The van der Waals surface area contributed by atoms with E-state index in [4.69, 9.17) is 0 Å². The number of nitrogens with zero attached hydrogens (tertiary/aromatic N) is 2. The predicted molar refractivity (Wildman–Crippen MR) is 76.7 cm³/mol. The van der Waals surface area contributed by atoms with E-state index in [1.54, 1.807) is 29.4 Å². The minimum absolute atomic E-state index is 0.0515. The average molecular weight is 268 g/mol. The zero-order chi connectivity index (χ0) is 14.1. The first-order chi connectivity index (χ1) is 9.66. The Morgan fingerprint density at radius 1 is 1.30 bits per heavy atom. The van der Waals surface area contributed by atoms with Crippen LogP contribution in [-0.4, -0.2) is 22.5 Å². The summed E-state index contributed by atoms with van der Waals surface area (Å²) >= 11 is 0. The highest BCUT2D eigenvalue weighted by Gasteiger charge is 2.28. The Morgan fingerprint density at radius 2 is 2.05 bits per heavy atom. The van der Waals surface area contributed by atoms with E-state index in [-0.39, 0.29) is 5.91 Å². The van der Waals surface area contributed by atoms with Crippen LogP contribution in [0.2, 0.25) is 0 Å². The van der Waals surface area contributed by atoms with Gasteiger partial charge in [0.15, 0.2) is 0 Å². The molecule has 1 aliphatic rings. The summed E-state index contributed by atoms with van der Waals surface area (Å²) < 4.78 is 0. The van der Waals surface area contributed by atoms with Crippen LogP contribution in [0.1, 0.15) is 34.0 Å². The molecule has 1 amide bonds. The molecule has 0 saturated carbocycles. The first-order valence-corrected chi connectivity index (χ1v) is 6.67. The molecule has 1 atom stereocenters. The molecule has 4 heteroatoms. The second-order valence-corrected chi connectivity index (χ2v) is 5.06. The number of carbonyl (C=O) groups excluding carboxylic acids is 1. The number of rotatable bonds is 1. The zero-order valence-corrected chi connectivity index (χ0v) is 11.3. The van der Waals surface area contributed by atoms with E-state index in [1.807, 2.05) is 25.1 Å². The number of aromatic nitrogens is 1. The number of hydrogen-bond donors (Lipinski definition) is 1. The molecule has 1 aliphatic heterocycles. The van der Waals surface area contributed by atoms with Crippen molar-refractivity contribution >= 4 is 11.6 Å². The smallest absolute Gasteiger partial charge is 0.258 e. The third kappa shape index (κ3) is 2.18. The molecule has 0 saturated heterocycles. The molecular formula is C16H16N2O2. The maximum atomic E-state index is 12.6. The van der Waals surface area contributed by atoms with Crippen LogP contribution in [-0.2, 0) is 0 Å². The molecule has 0 aliphatic carbocycles. The van der Waals surface area contributed by atoms with Crippen molar-refractivity contribution in [3.63, 3.8) is 0 Å². The van der Waals surface area contributed by atoms with Crippen LogP contribution in [0.15, 0.2) is 42.7 Å². The molecule has 1 unspecified atom stereocenters. The monoisotopic (exact) mass is 268 g/mol. The van der Waals surface area contributed by atoms with Crippen molar-refractivity contribution in [1.29, 1.82) is 0 Å². The van der Waals surface area contributed by atoms with E-state index in [9.17, 15) is 9.90 Å². The normalized spacial score (nSPS) is 17.7. The SMILES string of the molecule is Cc1ccc2c(c1)C(O)CCN2C(=O)c1ccncc1.